The summed E-state index contributed by atoms with van der Waals surface area (Å²) in [6.45, 7) is 0.842. The second-order valence-electron chi connectivity index (χ2n) is 4.88. The lowest BCUT2D eigenvalue weighted by molar-refractivity contribution is 0.213. The Morgan fingerprint density at radius 1 is 1.22 bits per heavy atom. The Hall–Kier alpha value is -2.58. The lowest BCUT2D eigenvalue weighted by Gasteiger charge is -2.22. The number of benzene rings is 1. The molecule has 0 aliphatic rings. The Bertz CT molecular complexity index is 684. The van der Waals surface area contributed by atoms with Crippen molar-refractivity contribution in [3.8, 4) is 6.07 Å². The molecule has 1 aromatic carbocycles. The molecule has 0 spiro atoms. The minimum atomic E-state index is -0.274. The van der Waals surface area contributed by atoms with Crippen molar-refractivity contribution in [2.75, 3.05) is 18.4 Å². The molecule has 0 aliphatic heterocycles. The van der Waals surface area contributed by atoms with E-state index in [2.05, 4.69) is 16.4 Å². The Morgan fingerprint density at radius 2 is 2.00 bits per heavy atom. The number of anilines is 1. The van der Waals surface area contributed by atoms with Crippen LogP contribution >= 0.6 is 11.6 Å². The highest BCUT2D eigenvalue weighted by atomic mass is 35.5. The maximum atomic E-state index is 12.4. The van der Waals surface area contributed by atoms with Gasteiger partial charge in [-0.25, -0.2) is 4.79 Å². The van der Waals surface area contributed by atoms with Crippen LogP contribution in [-0.4, -0.2) is 29.0 Å². The topological polar surface area (TPSA) is 69.0 Å². The third-order valence-electron chi connectivity index (χ3n) is 3.26. The van der Waals surface area contributed by atoms with E-state index in [1.807, 2.05) is 18.2 Å². The zero-order valence-electron chi connectivity index (χ0n) is 12.6. The average molecular weight is 329 g/mol. The Balaban J connectivity index is 2.00. The molecule has 118 valence electrons. The number of amides is 2. The number of rotatable bonds is 6. The quantitative estimate of drug-likeness (QED) is 0.878. The first-order chi connectivity index (χ1) is 11.2. The molecule has 2 aromatic rings. The molecule has 2 amide bonds. The van der Waals surface area contributed by atoms with Crippen molar-refractivity contribution in [3.63, 3.8) is 0 Å². The summed E-state index contributed by atoms with van der Waals surface area (Å²) >= 11 is 6.05. The molecular weight excluding hydrogens is 312 g/mol. The Kier molecular flexibility index (Phi) is 6.40. The first-order valence-corrected chi connectivity index (χ1v) is 7.66. The van der Waals surface area contributed by atoms with Gasteiger partial charge in [-0.05, 0) is 24.3 Å². The van der Waals surface area contributed by atoms with Crippen LogP contribution < -0.4 is 5.32 Å². The summed E-state index contributed by atoms with van der Waals surface area (Å²) in [5.74, 6) is 0. The molecule has 2 rings (SSSR count). The smallest absolute Gasteiger partial charge is 0.321 e. The van der Waals surface area contributed by atoms with Gasteiger partial charge in [0.2, 0.25) is 0 Å². The molecule has 0 atom stereocenters. The number of hydrogen-bond donors (Lipinski definition) is 1. The van der Waals surface area contributed by atoms with E-state index in [1.54, 1.807) is 35.4 Å². The van der Waals surface area contributed by atoms with Crippen molar-refractivity contribution in [1.29, 1.82) is 5.26 Å². The van der Waals surface area contributed by atoms with Crippen LogP contribution in [0.15, 0.2) is 48.7 Å². The summed E-state index contributed by atoms with van der Waals surface area (Å²) in [6.07, 6.45) is 2.62. The van der Waals surface area contributed by atoms with Gasteiger partial charge in [0.25, 0.3) is 0 Å². The normalized spacial score (nSPS) is 9.91. The Labute approximate surface area is 140 Å². The van der Waals surface area contributed by atoms with Gasteiger partial charge < -0.3 is 10.2 Å². The monoisotopic (exact) mass is 328 g/mol. The number of carbonyl (C=O) groups is 1. The summed E-state index contributed by atoms with van der Waals surface area (Å²) in [7, 11) is 0. The van der Waals surface area contributed by atoms with Gasteiger partial charge in [0.05, 0.1) is 23.2 Å². The highest BCUT2D eigenvalue weighted by Gasteiger charge is 2.14. The first-order valence-electron chi connectivity index (χ1n) is 7.28. The Morgan fingerprint density at radius 3 is 2.70 bits per heavy atom. The molecule has 0 fully saturated rings. The van der Waals surface area contributed by atoms with Gasteiger partial charge in [0.1, 0.15) is 0 Å². The number of hydrogen-bond acceptors (Lipinski definition) is 3. The summed E-state index contributed by atoms with van der Waals surface area (Å²) < 4.78 is 0. The van der Waals surface area contributed by atoms with Gasteiger partial charge in [-0.1, -0.05) is 29.8 Å². The molecule has 0 bridgehead atoms. The number of para-hydroxylation sites is 1. The predicted octanol–water partition coefficient (Wildman–Crippen LogP) is 3.73. The fraction of sp³-hybridized carbons (Fsp3) is 0.235. The average Bonchev–Trinajstić information content (AvgIpc) is 2.58. The third kappa shape index (κ3) is 5.28. The van der Waals surface area contributed by atoms with Crippen molar-refractivity contribution in [2.24, 2.45) is 0 Å². The number of carbonyl (C=O) groups excluding carboxylic acids is 1. The van der Waals surface area contributed by atoms with E-state index in [0.29, 0.717) is 30.2 Å². The van der Waals surface area contributed by atoms with E-state index < -0.39 is 0 Å². The lowest BCUT2D eigenvalue weighted by atomic mass is 10.2. The summed E-state index contributed by atoms with van der Waals surface area (Å²) in [5, 5.41) is 12.0. The van der Waals surface area contributed by atoms with Crippen molar-refractivity contribution < 1.29 is 4.79 Å². The minimum absolute atomic E-state index is 0.274. The van der Waals surface area contributed by atoms with E-state index >= 15 is 0 Å². The number of nitrogens with one attached hydrogen (secondary N) is 1. The highest BCUT2D eigenvalue weighted by molar-refractivity contribution is 6.33. The van der Waals surface area contributed by atoms with Gasteiger partial charge in [0.15, 0.2) is 0 Å². The zero-order valence-corrected chi connectivity index (χ0v) is 13.3. The van der Waals surface area contributed by atoms with Gasteiger partial charge in [0, 0.05) is 31.4 Å². The van der Waals surface area contributed by atoms with E-state index in [4.69, 9.17) is 16.9 Å². The summed E-state index contributed by atoms with van der Waals surface area (Å²) in [4.78, 5) is 18.3. The molecule has 23 heavy (non-hydrogen) atoms. The van der Waals surface area contributed by atoms with Gasteiger partial charge in [-0.2, -0.15) is 5.26 Å². The van der Waals surface area contributed by atoms with Crippen LogP contribution in [0.1, 0.15) is 12.1 Å². The third-order valence-corrected chi connectivity index (χ3v) is 3.59. The van der Waals surface area contributed by atoms with E-state index in [1.165, 1.54) is 0 Å². The zero-order chi connectivity index (χ0) is 16.5. The van der Waals surface area contributed by atoms with Crippen molar-refractivity contribution in [1.82, 2.24) is 9.88 Å². The fourth-order valence-electron chi connectivity index (χ4n) is 2.05. The molecule has 1 heterocycles. The molecule has 0 radical (unpaired) electrons. The van der Waals surface area contributed by atoms with Crippen molar-refractivity contribution in [2.45, 2.75) is 12.8 Å². The standard InChI is InChI=1S/C17H17ClN4O/c18-15-7-1-2-8-16(15)21-17(23)22(12-5-10-19)13-9-14-6-3-4-11-20-14/h1-4,6-8,11H,5,9,12-13H2,(H,21,23). The van der Waals surface area contributed by atoms with E-state index in [9.17, 15) is 4.79 Å². The largest absolute Gasteiger partial charge is 0.323 e. The number of urea groups is 1. The van der Waals surface area contributed by atoms with Crippen LogP contribution in [0, 0.1) is 11.3 Å². The number of halogens is 1. The maximum Gasteiger partial charge on any atom is 0.321 e. The summed E-state index contributed by atoms with van der Waals surface area (Å²) in [5.41, 5.74) is 1.46. The van der Waals surface area contributed by atoms with Gasteiger partial charge in [-0.3, -0.25) is 4.98 Å². The first kappa shape index (κ1) is 16.8. The van der Waals surface area contributed by atoms with Crippen LogP contribution in [0.3, 0.4) is 0 Å². The molecule has 6 heteroatoms. The molecule has 0 unspecified atom stereocenters. The number of pyridine rings is 1. The van der Waals surface area contributed by atoms with Crippen molar-refractivity contribution >= 4 is 23.3 Å². The molecule has 5 nitrogen and oxygen atoms in total. The number of nitrogens with zero attached hydrogens (tertiary/aromatic N) is 3. The molecule has 0 saturated carbocycles. The lowest BCUT2D eigenvalue weighted by Crippen LogP contribution is -2.37. The molecule has 1 aromatic heterocycles. The van der Waals surface area contributed by atoms with Crippen LogP contribution in [0.2, 0.25) is 5.02 Å². The highest BCUT2D eigenvalue weighted by Crippen LogP contribution is 2.20. The summed E-state index contributed by atoms with van der Waals surface area (Å²) in [6, 6.07) is 14.5. The van der Waals surface area contributed by atoms with Crippen molar-refractivity contribution in [3.05, 3.63) is 59.4 Å². The molecule has 0 saturated heterocycles. The van der Waals surface area contributed by atoms with Crippen LogP contribution in [-0.2, 0) is 6.42 Å². The van der Waals surface area contributed by atoms with Gasteiger partial charge >= 0.3 is 6.03 Å². The molecule has 0 aliphatic carbocycles. The predicted molar refractivity (Wildman–Crippen MR) is 90.2 cm³/mol. The SMILES string of the molecule is N#CCCN(CCc1ccccn1)C(=O)Nc1ccccc1Cl. The van der Waals surface area contributed by atoms with E-state index in [0.717, 1.165) is 5.69 Å². The van der Waals surface area contributed by atoms with Gasteiger partial charge in [-0.15, -0.1) is 0 Å². The van der Waals surface area contributed by atoms with E-state index in [-0.39, 0.29) is 12.5 Å². The minimum Gasteiger partial charge on any atom is -0.323 e. The molecular formula is C17H17ClN4O. The number of aromatic nitrogens is 1. The second kappa shape index (κ2) is 8.76. The van der Waals surface area contributed by atoms with Crippen LogP contribution in [0.4, 0.5) is 10.5 Å². The second-order valence-corrected chi connectivity index (χ2v) is 5.28. The van der Waals surface area contributed by atoms with Crippen LogP contribution in [0.25, 0.3) is 0 Å². The van der Waals surface area contributed by atoms with Crippen LogP contribution in [0.5, 0.6) is 0 Å². The number of nitriles is 1. The molecule has 1 N–H and O–H groups in total. The maximum absolute atomic E-state index is 12.4. The fourth-order valence-corrected chi connectivity index (χ4v) is 2.24.